The summed E-state index contributed by atoms with van der Waals surface area (Å²) in [6.07, 6.45) is 6.20. The minimum absolute atomic E-state index is 0.0521. The molecule has 0 fully saturated rings. The van der Waals surface area contributed by atoms with Gasteiger partial charge in [0.05, 0.1) is 41.7 Å². The number of carbonyl (C=O) groups excluding carboxylic acids is 3. The molecule has 0 spiro atoms. The van der Waals surface area contributed by atoms with Crippen molar-refractivity contribution in [1.29, 1.82) is 0 Å². The monoisotopic (exact) mass is 861 g/mol. The van der Waals surface area contributed by atoms with E-state index < -0.39 is 0 Å². The highest BCUT2D eigenvalue weighted by molar-refractivity contribution is 8.01. The van der Waals surface area contributed by atoms with Crippen LogP contribution >= 0.6 is 11.8 Å². The van der Waals surface area contributed by atoms with Crippen LogP contribution in [0.25, 0.3) is 0 Å². The zero-order valence-electron chi connectivity index (χ0n) is 36.4. The summed E-state index contributed by atoms with van der Waals surface area (Å²) >= 11 is 1.86. The van der Waals surface area contributed by atoms with Crippen molar-refractivity contribution in [1.82, 2.24) is 0 Å². The normalized spacial score (nSPS) is 17.0. The maximum absolute atomic E-state index is 14.0. The van der Waals surface area contributed by atoms with Gasteiger partial charge in [-0.25, -0.2) is 0 Å². The van der Waals surface area contributed by atoms with Gasteiger partial charge in [0.15, 0.2) is 11.5 Å². The van der Waals surface area contributed by atoms with Crippen molar-refractivity contribution in [3.63, 3.8) is 0 Å². The molecule has 4 aliphatic heterocycles. The van der Waals surface area contributed by atoms with Gasteiger partial charge in [-0.2, -0.15) is 11.8 Å². The van der Waals surface area contributed by atoms with Crippen molar-refractivity contribution < 1.29 is 28.6 Å². The maximum atomic E-state index is 14.0. The van der Waals surface area contributed by atoms with Crippen molar-refractivity contribution in [2.45, 2.75) is 95.6 Å². The molecule has 5 aromatic rings. The minimum Gasteiger partial charge on any atom is -0.493 e. The number of nitrogens with zero attached hydrogens (tertiary/aromatic N) is 4. The Bertz CT molecular complexity index is 2710. The van der Waals surface area contributed by atoms with E-state index in [1.54, 1.807) is 24.1 Å². The summed E-state index contributed by atoms with van der Waals surface area (Å²) in [6.45, 7) is 10.9. The molecular formula is C51H51N5O6S. The van der Waals surface area contributed by atoms with E-state index in [4.69, 9.17) is 24.2 Å². The number of anilines is 3. The number of methoxy groups -OCH3 is 1. The number of benzene rings is 5. The van der Waals surface area contributed by atoms with E-state index in [1.807, 2.05) is 109 Å². The van der Waals surface area contributed by atoms with Crippen LogP contribution in [0.5, 0.6) is 17.2 Å². The van der Waals surface area contributed by atoms with Gasteiger partial charge in [-0.1, -0.05) is 64.1 Å². The van der Waals surface area contributed by atoms with E-state index in [9.17, 15) is 14.4 Å². The average Bonchev–Trinajstić information content (AvgIpc) is 3.75. The van der Waals surface area contributed by atoms with Crippen molar-refractivity contribution in [3.05, 3.63) is 130 Å². The molecule has 3 amide bonds. The number of ether oxygens (including phenoxy) is 3. The van der Waals surface area contributed by atoms with Gasteiger partial charge in [-0.15, -0.1) is 0 Å². The number of fused-ring (bicyclic) bond motifs is 8. The Morgan fingerprint density at radius 2 is 1.30 bits per heavy atom. The largest absolute Gasteiger partial charge is 0.493 e. The van der Waals surface area contributed by atoms with E-state index in [2.05, 4.69) is 39.1 Å². The second-order valence-corrected chi connectivity index (χ2v) is 19.7. The van der Waals surface area contributed by atoms with E-state index >= 15 is 0 Å². The Morgan fingerprint density at radius 1 is 0.762 bits per heavy atom. The molecule has 0 saturated carbocycles. The summed E-state index contributed by atoms with van der Waals surface area (Å²) in [5.74, 6) is 1.13. The third-order valence-corrected chi connectivity index (χ3v) is 13.2. The molecule has 0 saturated heterocycles. The molecule has 2 atom stereocenters. The van der Waals surface area contributed by atoms with Crippen LogP contribution in [0.2, 0.25) is 0 Å². The molecule has 9 rings (SSSR count). The predicted octanol–water partition coefficient (Wildman–Crippen LogP) is 10.4. The van der Waals surface area contributed by atoms with E-state index in [1.165, 1.54) is 0 Å². The fourth-order valence-electron chi connectivity index (χ4n) is 9.05. The van der Waals surface area contributed by atoms with Gasteiger partial charge in [0.2, 0.25) is 5.91 Å². The zero-order chi connectivity index (χ0) is 44.0. The summed E-state index contributed by atoms with van der Waals surface area (Å²) in [4.78, 5) is 54.6. The number of carbonyl (C=O) groups is 3. The molecule has 63 heavy (non-hydrogen) atoms. The quantitative estimate of drug-likeness (QED) is 0.125. The van der Waals surface area contributed by atoms with Crippen LogP contribution in [0.1, 0.15) is 89.1 Å². The van der Waals surface area contributed by atoms with Crippen molar-refractivity contribution >= 4 is 70.3 Å². The molecule has 4 heterocycles. The molecule has 11 nitrogen and oxygen atoms in total. The van der Waals surface area contributed by atoms with Gasteiger partial charge < -0.3 is 19.5 Å². The lowest BCUT2D eigenvalue weighted by Crippen LogP contribution is -2.37. The highest BCUT2D eigenvalue weighted by Gasteiger charge is 2.38. The van der Waals surface area contributed by atoms with Crippen molar-refractivity contribution in [2.75, 3.05) is 22.2 Å². The lowest BCUT2D eigenvalue weighted by atomic mass is 10.1. The van der Waals surface area contributed by atoms with E-state index in [0.717, 1.165) is 52.0 Å². The number of rotatable bonds is 13. The fraction of sp³-hybridized carbons (Fsp3) is 0.314. The molecule has 12 heteroatoms. The summed E-state index contributed by atoms with van der Waals surface area (Å²) in [5.41, 5.74) is 9.10. The van der Waals surface area contributed by atoms with Crippen LogP contribution in [0.3, 0.4) is 0 Å². The SMILES string of the molecule is COc1cc2c(cc1OCc1cc(COc3cc4c(cc3C)C(=O)N3c5ccccc5CC3C=N4)cc(NC(=O)CCC(C)(C)SC(C)C)c1)N=CC1Cc3ccccc3N1C2=O. The van der Waals surface area contributed by atoms with Gasteiger partial charge in [0.1, 0.15) is 19.0 Å². The zero-order valence-corrected chi connectivity index (χ0v) is 37.3. The molecular weight excluding hydrogens is 811 g/mol. The van der Waals surface area contributed by atoms with Crippen LogP contribution < -0.4 is 29.3 Å². The third-order valence-electron chi connectivity index (χ3n) is 11.9. The fourth-order valence-corrected chi connectivity index (χ4v) is 10.5. The molecule has 0 bridgehead atoms. The van der Waals surface area contributed by atoms with Crippen LogP contribution in [-0.4, -0.2) is 59.3 Å². The van der Waals surface area contributed by atoms with Crippen LogP contribution in [0, 0.1) is 6.92 Å². The molecule has 0 radical (unpaired) electrons. The molecule has 2 unspecified atom stereocenters. The van der Waals surface area contributed by atoms with Crippen LogP contribution in [-0.2, 0) is 30.8 Å². The summed E-state index contributed by atoms with van der Waals surface area (Å²) in [7, 11) is 1.55. The third kappa shape index (κ3) is 8.56. The summed E-state index contributed by atoms with van der Waals surface area (Å²) < 4.78 is 18.6. The molecule has 4 aliphatic rings. The minimum atomic E-state index is -0.183. The first-order chi connectivity index (χ1) is 30.3. The van der Waals surface area contributed by atoms with Crippen molar-refractivity contribution in [2.24, 2.45) is 9.98 Å². The smallest absolute Gasteiger partial charge is 0.261 e. The van der Waals surface area contributed by atoms with Gasteiger partial charge >= 0.3 is 0 Å². The van der Waals surface area contributed by atoms with E-state index in [0.29, 0.717) is 63.5 Å². The Morgan fingerprint density at radius 3 is 1.87 bits per heavy atom. The highest BCUT2D eigenvalue weighted by atomic mass is 32.2. The van der Waals surface area contributed by atoms with Crippen LogP contribution in [0.4, 0.5) is 28.4 Å². The standard InChI is InChI=1S/C51H51N5O6S/c1-30(2)63-51(4,5)16-15-48(57)54-36-19-32(28-61-45-24-41-39(17-31(45)3)49(58)55-37(26-52-41)21-34-11-7-9-13-43(34)55)18-33(20-36)29-62-47-25-42-40(23-46(47)60-6)50(59)56-38(27-53-42)22-35-12-8-10-14-44(35)56/h7-14,17-20,23-27,30,37-38H,15-16,21-22,28-29H2,1-6H3,(H,54,57). The van der Waals surface area contributed by atoms with Gasteiger partial charge in [0.25, 0.3) is 11.8 Å². The first kappa shape index (κ1) is 41.9. The van der Waals surface area contributed by atoms with Crippen LogP contribution in [0.15, 0.2) is 101 Å². The number of aliphatic imine (C=N–C) groups is 2. The van der Waals surface area contributed by atoms with Gasteiger partial charge in [-0.3, -0.25) is 34.2 Å². The Hall–Kier alpha value is -6.40. The molecule has 0 aliphatic carbocycles. The number of nitrogens with one attached hydrogen (secondary N) is 1. The molecule has 0 aromatic heterocycles. The molecule has 5 aromatic carbocycles. The van der Waals surface area contributed by atoms with E-state index in [-0.39, 0.29) is 47.8 Å². The second-order valence-electron chi connectivity index (χ2n) is 17.5. The number of hydrogen-bond donors (Lipinski definition) is 1. The lowest BCUT2D eigenvalue weighted by molar-refractivity contribution is -0.116. The Labute approximate surface area is 372 Å². The topological polar surface area (TPSA) is 122 Å². The molecule has 322 valence electrons. The molecule has 1 N–H and O–H groups in total. The number of para-hydroxylation sites is 2. The van der Waals surface area contributed by atoms with Gasteiger partial charge in [0, 0.05) is 65.6 Å². The maximum Gasteiger partial charge on any atom is 0.261 e. The first-order valence-corrected chi connectivity index (χ1v) is 22.4. The number of thioether (sulfide) groups is 1. The number of aryl methyl sites for hydroxylation is 1. The average molecular weight is 862 g/mol. The number of hydrogen-bond acceptors (Lipinski definition) is 9. The lowest BCUT2D eigenvalue weighted by Gasteiger charge is -2.26. The predicted molar refractivity (Wildman–Crippen MR) is 252 cm³/mol. The Balaban J connectivity index is 0.961. The number of amides is 3. The summed E-state index contributed by atoms with van der Waals surface area (Å²) in [6, 6.07) is 28.5. The summed E-state index contributed by atoms with van der Waals surface area (Å²) in [5, 5.41) is 3.58. The van der Waals surface area contributed by atoms with Gasteiger partial charge in [-0.05, 0) is 88.9 Å². The highest BCUT2D eigenvalue weighted by Crippen LogP contribution is 2.42. The van der Waals surface area contributed by atoms with Crippen molar-refractivity contribution in [3.8, 4) is 17.2 Å². The second kappa shape index (κ2) is 17.0. The Kier molecular flexibility index (Phi) is 11.3. The first-order valence-electron chi connectivity index (χ1n) is 21.5.